The molecular weight excluding hydrogens is 338 g/mol. The van der Waals surface area contributed by atoms with Crippen LogP contribution in [0.25, 0.3) is 0 Å². The number of phenolic OH excluding ortho intramolecular Hbond substituents is 1. The summed E-state index contributed by atoms with van der Waals surface area (Å²) < 4.78 is 10.3. The summed E-state index contributed by atoms with van der Waals surface area (Å²) in [7, 11) is 4.49. The van der Waals surface area contributed by atoms with E-state index in [0.717, 1.165) is 0 Å². The van der Waals surface area contributed by atoms with Crippen LogP contribution in [0.15, 0.2) is 17.1 Å². The zero-order valence-corrected chi connectivity index (χ0v) is 14.1. The number of alkyl halides is 1. The minimum atomic E-state index is -0.809. The van der Waals surface area contributed by atoms with Gasteiger partial charge in [0.1, 0.15) is 11.9 Å². The first kappa shape index (κ1) is 16.4. The zero-order valence-electron chi connectivity index (χ0n) is 13.3. The summed E-state index contributed by atoms with van der Waals surface area (Å²) in [5.74, 6) is -0.142. The van der Waals surface area contributed by atoms with Crippen molar-refractivity contribution in [2.75, 3.05) is 27.8 Å². The number of aliphatic imine (C=N–C) groups is 1. The highest BCUT2D eigenvalue weighted by molar-refractivity contribution is 6.35. The zero-order chi connectivity index (χ0) is 17.6. The van der Waals surface area contributed by atoms with E-state index in [1.54, 1.807) is 24.1 Å². The Hall–Kier alpha value is -2.48. The summed E-state index contributed by atoms with van der Waals surface area (Å²) in [5, 5.41) is 9.21. The van der Waals surface area contributed by atoms with E-state index < -0.39 is 11.4 Å². The standard InChI is InChI=1S/C15H16ClN3O5/c1-18-6-10(20)17-15(18)19-12(11(16)14(19)22)7-4-8(23-2)13(21)9(5-7)24-3/h4-5,11-12,21H,6H2,1-3H3. The fraction of sp³-hybridized carbons (Fsp3) is 0.400. The molecule has 1 fully saturated rings. The minimum absolute atomic E-state index is 0.112. The highest BCUT2D eigenvalue weighted by atomic mass is 35.5. The van der Waals surface area contributed by atoms with Crippen molar-refractivity contribution in [1.82, 2.24) is 9.80 Å². The van der Waals surface area contributed by atoms with E-state index in [2.05, 4.69) is 4.99 Å². The molecule has 2 atom stereocenters. The number of aromatic hydroxyl groups is 1. The number of nitrogens with zero attached hydrogens (tertiary/aromatic N) is 3. The lowest BCUT2D eigenvalue weighted by Crippen LogP contribution is -2.61. The topological polar surface area (TPSA) is 91.7 Å². The van der Waals surface area contributed by atoms with Crippen LogP contribution in [0.5, 0.6) is 17.2 Å². The molecule has 0 spiro atoms. The van der Waals surface area contributed by atoms with Gasteiger partial charge in [-0.3, -0.25) is 14.5 Å². The molecule has 1 aromatic rings. The second-order valence-electron chi connectivity index (χ2n) is 5.49. The molecule has 2 unspecified atom stereocenters. The van der Waals surface area contributed by atoms with Crippen LogP contribution in [0.3, 0.4) is 0 Å². The van der Waals surface area contributed by atoms with Crippen molar-refractivity contribution in [3.05, 3.63) is 17.7 Å². The number of carbonyl (C=O) groups excluding carboxylic acids is 2. The van der Waals surface area contributed by atoms with Crippen molar-refractivity contribution >= 4 is 29.4 Å². The normalized spacial score (nSPS) is 23.2. The molecule has 0 aliphatic carbocycles. The molecular formula is C15H16ClN3O5. The quantitative estimate of drug-likeness (QED) is 0.636. The average molecular weight is 354 g/mol. The van der Waals surface area contributed by atoms with Crippen LogP contribution in [0.4, 0.5) is 0 Å². The minimum Gasteiger partial charge on any atom is -0.502 e. The van der Waals surface area contributed by atoms with E-state index in [9.17, 15) is 14.7 Å². The van der Waals surface area contributed by atoms with Gasteiger partial charge in [0.15, 0.2) is 11.5 Å². The SMILES string of the molecule is COc1cc(C2C(Cl)C(=O)N2C2=NC(=O)CN2C)cc(OC)c1O. The number of halogens is 1. The Morgan fingerprint density at radius 2 is 1.83 bits per heavy atom. The van der Waals surface area contributed by atoms with Crippen LogP contribution in [0.2, 0.25) is 0 Å². The third-order valence-corrected chi connectivity index (χ3v) is 4.45. The molecule has 0 saturated carbocycles. The molecule has 2 aliphatic heterocycles. The molecule has 8 nitrogen and oxygen atoms in total. The summed E-state index contributed by atoms with van der Waals surface area (Å²) in [6.45, 7) is 0.112. The number of guanidine groups is 1. The monoisotopic (exact) mass is 353 g/mol. The van der Waals surface area contributed by atoms with Crippen LogP contribution in [-0.2, 0) is 9.59 Å². The number of likely N-dealkylation sites (tertiary alicyclic amines) is 1. The molecule has 0 bridgehead atoms. The van der Waals surface area contributed by atoms with Crippen molar-refractivity contribution in [1.29, 1.82) is 0 Å². The molecule has 0 radical (unpaired) electrons. The second-order valence-corrected chi connectivity index (χ2v) is 5.96. The number of carbonyl (C=O) groups is 2. The van der Waals surface area contributed by atoms with Crippen molar-refractivity contribution < 1.29 is 24.2 Å². The Kier molecular flexibility index (Phi) is 4.00. The number of phenols is 1. The summed E-state index contributed by atoms with van der Waals surface area (Å²) in [6, 6.07) is 2.61. The lowest BCUT2D eigenvalue weighted by atomic mass is 9.93. The van der Waals surface area contributed by atoms with Crippen molar-refractivity contribution in [2.24, 2.45) is 4.99 Å². The van der Waals surface area contributed by atoms with Gasteiger partial charge < -0.3 is 19.5 Å². The third kappa shape index (κ3) is 2.34. The van der Waals surface area contributed by atoms with E-state index in [-0.39, 0.29) is 41.6 Å². The predicted octanol–water partition coefficient (Wildman–Crippen LogP) is 0.728. The van der Waals surface area contributed by atoms with Crippen LogP contribution in [0, 0.1) is 0 Å². The first-order chi connectivity index (χ1) is 11.4. The third-order valence-electron chi connectivity index (χ3n) is 4.03. The summed E-state index contributed by atoms with van der Waals surface area (Å²) in [4.78, 5) is 30.6. The van der Waals surface area contributed by atoms with Gasteiger partial charge in [0.2, 0.25) is 11.7 Å². The fourth-order valence-corrected chi connectivity index (χ4v) is 3.19. The number of hydrogen-bond donors (Lipinski definition) is 1. The van der Waals surface area contributed by atoms with Gasteiger partial charge in [-0.2, -0.15) is 4.99 Å². The van der Waals surface area contributed by atoms with Crippen molar-refractivity contribution in [2.45, 2.75) is 11.4 Å². The lowest BCUT2D eigenvalue weighted by Gasteiger charge is -2.45. The van der Waals surface area contributed by atoms with Gasteiger partial charge in [-0.05, 0) is 17.7 Å². The van der Waals surface area contributed by atoms with E-state index in [1.807, 2.05) is 0 Å². The van der Waals surface area contributed by atoms with Gasteiger partial charge in [-0.25, -0.2) is 0 Å². The Morgan fingerprint density at radius 3 is 2.29 bits per heavy atom. The molecule has 9 heteroatoms. The molecule has 1 N–H and O–H groups in total. The van der Waals surface area contributed by atoms with Gasteiger partial charge in [0, 0.05) is 7.05 Å². The molecule has 128 valence electrons. The van der Waals surface area contributed by atoms with Crippen LogP contribution in [0.1, 0.15) is 11.6 Å². The van der Waals surface area contributed by atoms with Crippen LogP contribution >= 0.6 is 11.6 Å². The Balaban J connectivity index is 2.03. The highest BCUT2D eigenvalue weighted by Crippen LogP contribution is 2.45. The summed E-state index contributed by atoms with van der Waals surface area (Å²) in [6.07, 6.45) is 0. The number of amides is 2. The maximum atomic E-state index is 12.2. The first-order valence-corrected chi connectivity index (χ1v) is 7.57. The van der Waals surface area contributed by atoms with Gasteiger partial charge in [-0.1, -0.05) is 0 Å². The number of rotatable bonds is 3. The Labute approximate surface area is 143 Å². The molecule has 1 aromatic carbocycles. The predicted molar refractivity (Wildman–Crippen MR) is 85.5 cm³/mol. The van der Waals surface area contributed by atoms with E-state index in [4.69, 9.17) is 21.1 Å². The highest BCUT2D eigenvalue weighted by Gasteiger charge is 2.51. The number of ether oxygens (including phenoxy) is 2. The number of hydrogen-bond acceptors (Lipinski definition) is 6. The number of β-lactam (4-membered cyclic amide) rings is 1. The number of benzene rings is 1. The van der Waals surface area contributed by atoms with Crippen LogP contribution in [-0.4, -0.2) is 65.9 Å². The summed E-state index contributed by atoms with van der Waals surface area (Å²) in [5.41, 5.74) is 0.608. The van der Waals surface area contributed by atoms with Crippen molar-refractivity contribution in [3.8, 4) is 17.2 Å². The molecule has 3 rings (SSSR count). The molecule has 2 aliphatic rings. The largest absolute Gasteiger partial charge is 0.502 e. The maximum absolute atomic E-state index is 12.2. The fourth-order valence-electron chi connectivity index (χ4n) is 2.82. The van der Waals surface area contributed by atoms with E-state index in [1.165, 1.54) is 19.1 Å². The van der Waals surface area contributed by atoms with Gasteiger partial charge >= 0.3 is 0 Å². The molecule has 2 amide bonds. The Bertz CT molecular complexity index is 726. The average Bonchev–Trinajstić information content (AvgIpc) is 2.89. The van der Waals surface area contributed by atoms with Gasteiger partial charge in [0.05, 0.1) is 20.3 Å². The molecule has 2 heterocycles. The number of likely N-dealkylation sites (N-methyl/N-ethyl adjacent to an activating group) is 1. The lowest BCUT2D eigenvalue weighted by molar-refractivity contribution is -0.139. The van der Waals surface area contributed by atoms with E-state index in [0.29, 0.717) is 5.56 Å². The summed E-state index contributed by atoms with van der Waals surface area (Å²) >= 11 is 6.19. The Morgan fingerprint density at radius 1 is 1.25 bits per heavy atom. The first-order valence-electron chi connectivity index (χ1n) is 7.13. The van der Waals surface area contributed by atoms with Gasteiger partial charge in [0.25, 0.3) is 11.8 Å². The molecule has 24 heavy (non-hydrogen) atoms. The molecule has 1 saturated heterocycles. The molecule has 0 aromatic heterocycles. The number of methoxy groups -OCH3 is 2. The van der Waals surface area contributed by atoms with Gasteiger partial charge in [-0.15, -0.1) is 11.6 Å². The van der Waals surface area contributed by atoms with Crippen LogP contribution < -0.4 is 9.47 Å². The van der Waals surface area contributed by atoms with E-state index >= 15 is 0 Å². The van der Waals surface area contributed by atoms with Crippen molar-refractivity contribution in [3.63, 3.8) is 0 Å². The maximum Gasteiger partial charge on any atom is 0.268 e. The smallest absolute Gasteiger partial charge is 0.268 e. The second kappa shape index (κ2) is 5.86.